The fraction of sp³-hybridized carbons (Fsp3) is 0.744. The molecular formula is C43H77NO5S. The smallest absolute Gasteiger partial charge is 0.266 e. The van der Waals surface area contributed by atoms with E-state index in [9.17, 15) is 22.9 Å². The van der Waals surface area contributed by atoms with Gasteiger partial charge in [-0.25, -0.2) is 0 Å². The third kappa shape index (κ3) is 37.3. The van der Waals surface area contributed by atoms with Crippen molar-refractivity contribution in [2.75, 3.05) is 5.75 Å². The summed E-state index contributed by atoms with van der Waals surface area (Å²) < 4.78 is 32.5. The average Bonchev–Trinajstić information content (AvgIpc) is 3.08. The zero-order valence-corrected chi connectivity index (χ0v) is 33.1. The molecule has 2 unspecified atom stereocenters. The Morgan fingerprint density at radius 1 is 0.560 bits per heavy atom. The maximum absolute atomic E-state index is 12.5. The molecule has 0 aliphatic carbocycles. The van der Waals surface area contributed by atoms with Gasteiger partial charge in [0.05, 0.1) is 17.9 Å². The highest BCUT2D eigenvalue weighted by molar-refractivity contribution is 7.85. The Bertz CT molecular complexity index is 1010. The molecule has 0 aromatic rings. The Kier molecular flexibility index (Phi) is 35.4. The standard InChI is InChI=1S/C43H77NO5S/c1-3-5-7-9-11-13-15-17-19-21-22-23-25-27-29-31-33-35-37-39-43(46)44-41(40-50(47,48)49)42(45)38-36-34-32-30-28-26-24-20-18-16-14-12-10-8-6-4-2/h5,7,11,13,17,19,22-23,27,29,41-42,45H,3-4,6,8-10,12,14-16,18,20-21,24-26,28,30-40H2,1-2H3,(H,44,46)(H,47,48,49)/b7-5-,13-11-,19-17-,23-22-,29-27-. The first-order chi connectivity index (χ1) is 24.3. The van der Waals surface area contributed by atoms with Gasteiger partial charge >= 0.3 is 0 Å². The number of amides is 1. The van der Waals surface area contributed by atoms with Crippen LogP contribution >= 0.6 is 0 Å². The van der Waals surface area contributed by atoms with E-state index in [-0.39, 0.29) is 12.3 Å². The van der Waals surface area contributed by atoms with Crippen LogP contribution in [0.4, 0.5) is 0 Å². The molecule has 0 radical (unpaired) electrons. The first-order valence-electron chi connectivity index (χ1n) is 20.5. The summed E-state index contributed by atoms with van der Waals surface area (Å²) in [5.74, 6) is -0.942. The van der Waals surface area contributed by atoms with Crippen molar-refractivity contribution in [2.45, 2.75) is 199 Å². The molecule has 1 amide bonds. The van der Waals surface area contributed by atoms with Gasteiger partial charge in [0.25, 0.3) is 10.1 Å². The minimum atomic E-state index is -4.32. The van der Waals surface area contributed by atoms with E-state index in [4.69, 9.17) is 0 Å². The minimum absolute atomic E-state index is 0.277. The molecule has 0 heterocycles. The van der Waals surface area contributed by atoms with Crippen molar-refractivity contribution >= 4 is 16.0 Å². The molecule has 0 saturated heterocycles. The van der Waals surface area contributed by atoms with Gasteiger partial charge < -0.3 is 10.4 Å². The number of aliphatic hydroxyl groups is 1. The molecule has 6 nitrogen and oxygen atoms in total. The van der Waals surface area contributed by atoms with Crippen LogP contribution in [0.2, 0.25) is 0 Å². The summed E-state index contributed by atoms with van der Waals surface area (Å²) in [6.07, 6.45) is 50.2. The fourth-order valence-corrected chi connectivity index (χ4v) is 6.71. The minimum Gasteiger partial charge on any atom is -0.391 e. The van der Waals surface area contributed by atoms with Crippen LogP contribution in [0.25, 0.3) is 0 Å². The number of aliphatic hydroxyl groups excluding tert-OH is 1. The molecule has 3 N–H and O–H groups in total. The third-order valence-electron chi connectivity index (χ3n) is 8.99. The second-order valence-corrected chi connectivity index (χ2v) is 15.4. The maximum Gasteiger partial charge on any atom is 0.266 e. The second-order valence-electron chi connectivity index (χ2n) is 13.9. The van der Waals surface area contributed by atoms with Crippen LogP contribution in [-0.2, 0) is 14.9 Å². The van der Waals surface area contributed by atoms with Crippen LogP contribution in [0.1, 0.15) is 187 Å². The number of hydrogen-bond acceptors (Lipinski definition) is 4. The van der Waals surface area contributed by atoms with Gasteiger partial charge in [0.2, 0.25) is 5.91 Å². The van der Waals surface area contributed by atoms with Crippen molar-refractivity contribution in [1.29, 1.82) is 0 Å². The highest BCUT2D eigenvalue weighted by Gasteiger charge is 2.26. The SMILES string of the molecule is CC/C=C\C/C=C\C/C=C\C/C=C\C/C=C\CCCCCC(=O)NC(CS(=O)(=O)O)C(O)CCCCCCCCCCCCCCCCCC. The van der Waals surface area contributed by atoms with E-state index >= 15 is 0 Å². The van der Waals surface area contributed by atoms with Gasteiger partial charge in [-0.3, -0.25) is 9.35 Å². The topological polar surface area (TPSA) is 104 Å². The van der Waals surface area contributed by atoms with Gasteiger partial charge in [0.15, 0.2) is 0 Å². The number of carbonyl (C=O) groups excluding carboxylic acids is 1. The molecule has 2 atom stereocenters. The van der Waals surface area contributed by atoms with Gasteiger partial charge in [-0.2, -0.15) is 8.42 Å². The molecular weight excluding hydrogens is 643 g/mol. The molecule has 0 aliphatic rings. The van der Waals surface area contributed by atoms with E-state index in [2.05, 4.69) is 79.9 Å². The molecule has 50 heavy (non-hydrogen) atoms. The summed E-state index contributed by atoms with van der Waals surface area (Å²) in [5.41, 5.74) is 0. The predicted molar refractivity (Wildman–Crippen MR) is 216 cm³/mol. The summed E-state index contributed by atoms with van der Waals surface area (Å²) in [5, 5.41) is 13.3. The lowest BCUT2D eigenvalue weighted by Crippen LogP contribution is -2.47. The van der Waals surface area contributed by atoms with Crippen LogP contribution in [0.15, 0.2) is 60.8 Å². The molecule has 0 fully saturated rings. The lowest BCUT2D eigenvalue weighted by Gasteiger charge is -2.23. The Morgan fingerprint density at radius 2 is 0.960 bits per heavy atom. The lowest BCUT2D eigenvalue weighted by atomic mass is 10.0. The molecule has 0 aromatic heterocycles. The zero-order valence-electron chi connectivity index (χ0n) is 32.3. The number of nitrogens with one attached hydrogen (secondary N) is 1. The normalized spacial score (nSPS) is 13.9. The van der Waals surface area contributed by atoms with Crippen molar-refractivity contribution in [3.05, 3.63) is 60.8 Å². The molecule has 290 valence electrons. The number of carbonyl (C=O) groups is 1. The van der Waals surface area contributed by atoms with E-state index in [1.54, 1.807) is 0 Å². The van der Waals surface area contributed by atoms with E-state index < -0.39 is 28.0 Å². The van der Waals surface area contributed by atoms with E-state index in [0.717, 1.165) is 70.6 Å². The van der Waals surface area contributed by atoms with Crippen LogP contribution < -0.4 is 5.32 Å². The van der Waals surface area contributed by atoms with Gasteiger partial charge in [-0.1, -0.05) is 184 Å². The van der Waals surface area contributed by atoms with Gasteiger partial charge in [0.1, 0.15) is 0 Å². The highest BCUT2D eigenvalue weighted by atomic mass is 32.2. The second kappa shape index (κ2) is 36.8. The van der Waals surface area contributed by atoms with Crippen molar-refractivity contribution in [1.82, 2.24) is 5.32 Å². The van der Waals surface area contributed by atoms with Gasteiger partial charge in [-0.05, 0) is 57.8 Å². The van der Waals surface area contributed by atoms with E-state index in [1.807, 2.05) is 0 Å². The van der Waals surface area contributed by atoms with Gasteiger partial charge in [0, 0.05) is 6.42 Å². The van der Waals surface area contributed by atoms with Crippen molar-refractivity contribution < 1.29 is 22.9 Å². The van der Waals surface area contributed by atoms with Crippen LogP contribution in [0.5, 0.6) is 0 Å². The summed E-state index contributed by atoms with van der Waals surface area (Å²) in [4.78, 5) is 12.5. The fourth-order valence-electron chi connectivity index (χ4n) is 5.95. The van der Waals surface area contributed by atoms with Crippen molar-refractivity contribution in [3.8, 4) is 0 Å². The Balaban J connectivity index is 3.96. The average molecular weight is 720 g/mol. The Morgan fingerprint density at radius 3 is 1.40 bits per heavy atom. The van der Waals surface area contributed by atoms with Crippen LogP contribution in [-0.4, -0.2) is 41.9 Å². The Hall–Kier alpha value is -1.96. The number of allylic oxidation sites excluding steroid dienone is 10. The summed E-state index contributed by atoms with van der Waals surface area (Å²) in [6.45, 7) is 4.41. The molecule has 0 aliphatic heterocycles. The largest absolute Gasteiger partial charge is 0.391 e. The molecule has 0 saturated carbocycles. The van der Waals surface area contributed by atoms with Crippen molar-refractivity contribution in [2.24, 2.45) is 0 Å². The molecule has 0 aromatic carbocycles. The molecule has 0 rings (SSSR count). The first-order valence-corrected chi connectivity index (χ1v) is 22.1. The monoisotopic (exact) mass is 720 g/mol. The molecule has 0 bridgehead atoms. The lowest BCUT2D eigenvalue weighted by molar-refractivity contribution is -0.122. The number of hydrogen-bond donors (Lipinski definition) is 3. The van der Waals surface area contributed by atoms with Crippen LogP contribution in [0.3, 0.4) is 0 Å². The van der Waals surface area contributed by atoms with Gasteiger partial charge in [-0.15, -0.1) is 0 Å². The number of rotatable bonds is 36. The van der Waals surface area contributed by atoms with E-state index in [1.165, 1.54) is 83.5 Å². The van der Waals surface area contributed by atoms with Crippen LogP contribution in [0, 0.1) is 0 Å². The predicted octanol–water partition coefficient (Wildman–Crippen LogP) is 12.1. The first kappa shape index (κ1) is 48.0. The van der Waals surface area contributed by atoms with Crippen molar-refractivity contribution in [3.63, 3.8) is 0 Å². The summed E-state index contributed by atoms with van der Waals surface area (Å²) in [7, 11) is -4.32. The summed E-state index contributed by atoms with van der Waals surface area (Å²) >= 11 is 0. The zero-order chi connectivity index (χ0) is 36.8. The quantitative estimate of drug-likeness (QED) is 0.0340. The highest BCUT2D eigenvalue weighted by Crippen LogP contribution is 2.15. The number of unbranched alkanes of at least 4 members (excludes halogenated alkanes) is 18. The molecule has 0 spiro atoms. The Labute approximate surface area is 309 Å². The maximum atomic E-state index is 12.5. The third-order valence-corrected chi connectivity index (χ3v) is 9.77. The molecule has 7 heteroatoms. The summed E-state index contributed by atoms with van der Waals surface area (Å²) in [6, 6.07) is -0.991. The van der Waals surface area contributed by atoms with E-state index in [0.29, 0.717) is 12.8 Å².